The Labute approximate surface area is 173 Å². The molecule has 0 unspecified atom stereocenters. The third-order valence-corrected chi connectivity index (χ3v) is 5.87. The number of carbonyl (C=O) groups is 1. The van der Waals surface area contributed by atoms with Crippen LogP contribution in [0, 0.1) is 20.8 Å². The van der Waals surface area contributed by atoms with Gasteiger partial charge in [-0.3, -0.25) is 4.79 Å². The molecule has 0 aliphatic heterocycles. The van der Waals surface area contributed by atoms with Gasteiger partial charge in [0.15, 0.2) is 6.61 Å². The number of carbonyl (C=O) groups excluding carboxylic acids is 1. The van der Waals surface area contributed by atoms with E-state index >= 15 is 0 Å². The van der Waals surface area contributed by atoms with Crippen LogP contribution in [0.2, 0.25) is 0 Å². The molecule has 6 heteroatoms. The molecule has 4 rings (SSSR count). The number of aromatic nitrogens is 2. The van der Waals surface area contributed by atoms with Crippen molar-refractivity contribution in [2.75, 3.05) is 11.9 Å². The van der Waals surface area contributed by atoms with Gasteiger partial charge >= 0.3 is 0 Å². The zero-order valence-corrected chi connectivity index (χ0v) is 17.3. The molecule has 0 radical (unpaired) electrons. The van der Waals surface area contributed by atoms with Gasteiger partial charge in [0.25, 0.3) is 5.91 Å². The molecule has 0 bridgehead atoms. The first kappa shape index (κ1) is 19.1. The molecule has 0 aliphatic carbocycles. The van der Waals surface area contributed by atoms with Gasteiger partial charge < -0.3 is 10.1 Å². The predicted octanol–water partition coefficient (Wildman–Crippen LogP) is 5.30. The van der Waals surface area contributed by atoms with Crippen molar-refractivity contribution >= 4 is 33.3 Å². The molecule has 4 aromatic rings. The minimum atomic E-state index is -0.200. The number of fused-ring (bicyclic) bond motifs is 1. The zero-order chi connectivity index (χ0) is 20.4. The van der Waals surface area contributed by atoms with E-state index in [1.165, 1.54) is 5.56 Å². The lowest BCUT2D eigenvalue weighted by molar-refractivity contribution is -0.118. The molecule has 2 aromatic heterocycles. The maximum Gasteiger partial charge on any atom is 0.262 e. The number of hydrogen-bond donors (Lipinski definition) is 1. The number of benzene rings is 2. The fourth-order valence-electron chi connectivity index (χ4n) is 3.03. The van der Waals surface area contributed by atoms with Crippen molar-refractivity contribution in [1.29, 1.82) is 0 Å². The van der Waals surface area contributed by atoms with Crippen LogP contribution in [-0.2, 0) is 4.79 Å². The fourth-order valence-corrected chi connectivity index (χ4v) is 4.02. The van der Waals surface area contributed by atoms with E-state index in [2.05, 4.69) is 15.3 Å². The highest BCUT2D eigenvalue weighted by atomic mass is 32.1. The third-order valence-electron chi connectivity index (χ3n) is 4.85. The van der Waals surface area contributed by atoms with Gasteiger partial charge in [0.1, 0.15) is 21.1 Å². The molecule has 5 nitrogen and oxygen atoms in total. The molecule has 0 saturated heterocycles. The van der Waals surface area contributed by atoms with Gasteiger partial charge in [-0.15, -0.1) is 0 Å². The maximum absolute atomic E-state index is 12.4. The minimum Gasteiger partial charge on any atom is -0.484 e. The lowest BCUT2D eigenvalue weighted by Gasteiger charge is -2.12. The standard InChI is InChI=1S/C23H21N3O2S/c1-14-9-10-17(12-15(14)2)28-13-21(27)25-19-7-4-6-18(16(19)3)22-26-20-8-5-11-24-23(20)29-22/h4-12H,13H2,1-3H3,(H,25,27). The highest BCUT2D eigenvalue weighted by Gasteiger charge is 2.13. The quantitative estimate of drug-likeness (QED) is 0.491. The van der Waals surface area contributed by atoms with E-state index in [0.29, 0.717) is 5.75 Å². The summed E-state index contributed by atoms with van der Waals surface area (Å²) in [5.74, 6) is 0.491. The van der Waals surface area contributed by atoms with Crippen LogP contribution in [0.3, 0.4) is 0 Å². The summed E-state index contributed by atoms with van der Waals surface area (Å²) in [6, 6.07) is 15.5. The average Bonchev–Trinajstić information content (AvgIpc) is 3.14. The van der Waals surface area contributed by atoms with Gasteiger partial charge in [-0.25, -0.2) is 9.97 Å². The molecule has 29 heavy (non-hydrogen) atoms. The Morgan fingerprint density at radius 3 is 2.72 bits per heavy atom. The number of ether oxygens (including phenoxy) is 1. The Morgan fingerprint density at radius 2 is 1.93 bits per heavy atom. The van der Waals surface area contributed by atoms with Crippen LogP contribution in [0.5, 0.6) is 5.75 Å². The van der Waals surface area contributed by atoms with Crippen molar-refractivity contribution in [3.05, 3.63) is 71.4 Å². The van der Waals surface area contributed by atoms with Crippen molar-refractivity contribution in [3.63, 3.8) is 0 Å². The highest BCUT2D eigenvalue weighted by molar-refractivity contribution is 7.21. The number of aryl methyl sites for hydroxylation is 2. The summed E-state index contributed by atoms with van der Waals surface area (Å²) in [6.45, 7) is 6.00. The minimum absolute atomic E-state index is 0.0444. The van der Waals surface area contributed by atoms with Crippen molar-refractivity contribution in [2.45, 2.75) is 20.8 Å². The van der Waals surface area contributed by atoms with Gasteiger partial charge in [-0.1, -0.05) is 29.5 Å². The summed E-state index contributed by atoms with van der Waals surface area (Å²) >= 11 is 1.54. The molecule has 146 valence electrons. The Morgan fingerprint density at radius 1 is 1.07 bits per heavy atom. The topological polar surface area (TPSA) is 64.1 Å². The largest absolute Gasteiger partial charge is 0.484 e. The van der Waals surface area contributed by atoms with Crippen molar-refractivity contribution < 1.29 is 9.53 Å². The normalized spacial score (nSPS) is 10.9. The van der Waals surface area contributed by atoms with E-state index in [4.69, 9.17) is 4.74 Å². The number of hydrogen-bond acceptors (Lipinski definition) is 5. The number of anilines is 1. The Balaban J connectivity index is 1.49. The molecular formula is C23H21N3O2S. The number of amides is 1. The summed E-state index contributed by atoms with van der Waals surface area (Å²) in [5, 5.41) is 3.84. The number of nitrogens with one attached hydrogen (secondary N) is 1. The predicted molar refractivity (Wildman–Crippen MR) is 118 cm³/mol. The maximum atomic E-state index is 12.4. The summed E-state index contributed by atoms with van der Waals surface area (Å²) in [6.07, 6.45) is 1.77. The Bertz CT molecular complexity index is 1170. The molecule has 1 N–H and O–H groups in total. The molecule has 0 saturated carbocycles. The molecule has 0 atom stereocenters. The van der Waals surface area contributed by atoms with Gasteiger partial charge in [-0.2, -0.15) is 0 Å². The summed E-state index contributed by atoms with van der Waals surface area (Å²) in [4.78, 5) is 22.4. The monoisotopic (exact) mass is 403 g/mol. The average molecular weight is 404 g/mol. The van der Waals surface area contributed by atoms with E-state index < -0.39 is 0 Å². The zero-order valence-electron chi connectivity index (χ0n) is 16.5. The van der Waals surface area contributed by atoms with Gasteiger partial charge in [0.2, 0.25) is 0 Å². The first-order valence-corrected chi connectivity index (χ1v) is 10.1. The molecule has 0 fully saturated rings. The Hall–Kier alpha value is -3.25. The third kappa shape index (κ3) is 4.12. The van der Waals surface area contributed by atoms with Gasteiger partial charge in [-0.05, 0) is 67.8 Å². The molecule has 0 aliphatic rings. The number of nitrogens with zero attached hydrogens (tertiary/aromatic N) is 2. The van der Waals surface area contributed by atoms with E-state index in [-0.39, 0.29) is 12.5 Å². The first-order chi connectivity index (χ1) is 14.0. The number of thiazole rings is 1. The lowest BCUT2D eigenvalue weighted by Crippen LogP contribution is -2.20. The van der Waals surface area contributed by atoms with Crippen molar-refractivity contribution in [1.82, 2.24) is 9.97 Å². The summed E-state index contributed by atoms with van der Waals surface area (Å²) < 4.78 is 5.64. The molecule has 1 amide bonds. The molecular weight excluding hydrogens is 382 g/mol. The van der Waals surface area contributed by atoms with Crippen LogP contribution in [0.1, 0.15) is 16.7 Å². The van der Waals surface area contributed by atoms with Crippen LogP contribution < -0.4 is 10.1 Å². The van der Waals surface area contributed by atoms with Gasteiger partial charge in [0.05, 0.1) is 0 Å². The SMILES string of the molecule is Cc1ccc(OCC(=O)Nc2cccc(-c3nc4cccnc4s3)c2C)cc1C. The number of pyridine rings is 1. The second kappa shape index (κ2) is 8.01. The molecule has 2 aromatic carbocycles. The second-order valence-electron chi connectivity index (χ2n) is 6.91. The molecule has 2 heterocycles. The Kier molecular flexibility index (Phi) is 5.27. The summed E-state index contributed by atoms with van der Waals surface area (Å²) in [7, 11) is 0. The van der Waals surface area contributed by atoms with Gasteiger partial charge in [0, 0.05) is 17.4 Å². The van der Waals surface area contributed by atoms with E-state index in [1.54, 1.807) is 17.5 Å². The van der Waals surface area contributed by atoms with Crippen LogP contribution in [0.4, 0.5) is 5.69 Å². The van der Waals surface area contributed by atoms with E-state index in [1.807, 2.05) is 69.3 Å². The second-order valence-corrected chi connectivity index (χ2v) is 7.89. The first-order valence-electron chi connectivity index (χ1n) is 9.33. The molecule has 0 spiro atoms. The summed E-state index contributed by atoms with van der Waals surface area (Å²) in [5.41, 5.74) is 5.91. The lowest BCUT2D eigenvalue weighted by atomic mass is 10.1. The fraction of sp³-hybridized carbons (Fsp3) is 0.174. The smallest absolute Gasteiger partial charge is 0.262 e. The van der Waals surface area contributed by atoms with Crippen molar-refractivity contribution in [3.8, 4) is 16.3 Å². The van der Waals surface area contributed by atoms with Crippen LogP contribution >= 0.6 is 11.3 Å². The van der Waals surface area contributed by atoms with Crippen molar-refractivity contribution in [2.24, 2.45) is 0 Å². The van der Waals surface area contributed by atoms with E-state index in [9.17, 15) is 4.79 Å². The van der Waals surface area contributed by atoms with Crippen LogP contribution in [-0.4, -0.2) is 22.5 Å². The van der Waals surface area contributed by atoms with Crippen LogP contribution in [0.15, 0.2) is 54.7 Å². The van der Waals surface area contributed by atoms with Crippen LogP contribution in [0.25, 0.3) is 20.9 Å². The highest BCUT2D eigenvalue weighted by Crippen LogP contribution is 2.33. The number of rotatable bonds is 5. The van der Waals surface area contributed by atoms with E-state index in [0.717, 1.165) is 37.7 Å².